The molecule has 0 heterocycles. The highest BCUT2D eigenvalue weighted by Crippen LogP contribution is 2.24. The zero-order valence-corrected chi connectivity index (χ0v) is 13.4. The number of esters is 1. The van der Waals surface area contributed by atoms with Gasteiger partial charge in [0.2, 0.25) is 0 Å². The van der Waals surface area contributed by atoms with Gasteiger partial charge in [0.05, 0.1) is 19.8 Å². The molecule has 0 spiro atoms. The predicted octanol–water partition coefficient (Wildman–Crippen LogP) is 3.87. The normalized spacial score (nSPS) is 10.4. The molecular formula is C20H16O4. The Morgan fingerprint density at radius 1 is 0.792 bits per heavy atom. The average molecular weight is 320 g/mol. The molecule has 0 N–H and O–H groups in total. The van der Waals surface area contributed by atoms with Crippen molar-refractivity contribution in [2.75, 3.05) is 14.2 Å². The van der Waals surface area contributed by atoms with Gasteiger partial charge in [0.25, 0.3) is 0 Å². The highest BCUT2D eigenvalue weighted by molar-refractivity contribution is 6.15. The van der Waals surface area contributed by atoms with Gasteiger partial charge in [-0.1, -0.05) is 36.4 Å². The molecule has 0 saturated heterocycles. The van der Waals surface area contributed by atoms with Crippen LogP contribution in [0.1, 0.15) is 26.3 Å². The number of carbonyl (C=O) groups excluding carboxylic acids is 2. The molecule has 0 atom stereocenters. The topological polar surface area (TPSA) is 52.6 Å². The molecule has 0 amide bonds. The molecule has 3 aromatic rings. The van der Waals surface area contributed by atoms with Crippen molar-refractivity contribution in [1.82, 2.24) is 0 Å². The van der Waals surface area contributed by atoms with E-state index in [2.05, 4.69) is 0 Å². The van der Waals surface area contributed by atoms with Gasteiger partial charge in [-0.15, -0.1) is 0 Å². The maximum Gasteiger partial charge on any atom is 0.338 e. The molecule has 0 aliphatic carbocycles. The lowest BCUT2D eigenvalue weighted by molar-refractivity contribution is 0.0597. The van der Waals surface area contributed by atoms with Gasteiger partial charge in [-0.25, -0.2) is 4.79 Å². The van der Waals surface area contributed by atoms with Crippen LogP contribution in [-0.4, -0.2) is 26.0 Å². The van der Waals surface area contributed by atoms with Gasteiger partial charge in [0.15, 0.2) is 5.78 Å². The second-order valence-electron chi connectivity index (χ2n) is 5.29. The van der Waals surface area contributed by atoms with Crippen molar-refractivity contribution in [2.24, 2.45) is 0 Å². The maximum absolute atomic E-state index is 12.8. The quantitative estimate of drug-likeness (QED) is 0.541. The van der Waals surface area contributed by atoms with E-state index in [4.69, 9.17) is 9.47 Å². The highest BCUT2D eigenvalue weighted by Gasteiger charge is 2.18. The number of ether oxygens (including phenoxy) is 2. The molecule has 0 unspecified atom stereocenters. The predicted molar refractivity (Wildman–Crippen MR) is 91.7 cm³/mol. The number of carbonyl (C=O) groups is 2. The first-order chi connectivity index (χ1) is 11.6. The lowest BCUT2D eigenvalue weighted by Gasteiger charge is -2.08. The first-order valence-electron chi connectivity index (χ1n) is 7.44. The number of fused-ring (bicyclic) bond motifs is 1. The van der Waals surface area contributed by atoms with Crippen LogP contribution in [0.2, 0.25) is 0 Å². The SMILES string of the molecule is COC(=O)c1ccccc1C(=O)c1ccc2cc(OC)ccc2c1. The van der Waals surface area contributed by atoms with Gasteiger partial charge < -0.3 is 9.47 Å². The Morgan fingerprint density at radius 2 is 1.46 bits per heavy atom. The molecule has 0 aliphatic heterocycles. The van der Waals surface area contributed by atoms with Crippen molar-refractivity contribution >= 4 is 22.5 Å². The van der Waals surface area contributed by atoms with Gasteiger partial charge in [0, 0.05) is 11.1 Å². The largest absolute Gasteiger partial charge is 0.497 e. The van der Waals surface area contributed by atoms with E-state index in [0.29, 0.717) is 11.1 Å². The van der Waals surface area contributed by atoms with Gasteiger partial charge in [-0.2, -0.15) is 0 Å². The first kappa shape index (κ1) is 15.7. The Balaban J connectivity index is 2.05. The van der Waals surface area contributed by atoms with Gasteiger partial charge in [-0.05, 0) is 35.0 Å². The van der Waals surface area contributed by atoms with Crippen LogP contribution in [0.5, 0.6) is 5.75 Å². The van der Waals surface area contributed by atoms with Crippen molar-refractivity contribution in [3.63, 3.8) is 0 Å². The van der Waals surface area contributed by atoms with Gasteiger partial charge >= 0.3 is 5.97 Å². The number of ketones is 1. The summed E-state index contributed by atoms with van der Waals surface area (Å²) in [6.07, 6.45) is 0. The summed E-state index contributed by atoms with van der Waals surface area (Å²) in [5.41, 5.74) is 1.11. The van der Waals surface area contributed by atoms with Crippen LogP contribution in [0.15, 0.2) is 60.7 Å². The van der Waals surface area contributed by atoms with Crippen molar-refractivity contribution in [1.29, 1.82) is 0 Å². The van der Waals surface area contributed by atoms with E-state index in [1.165, 1.54) is 7.11 Å². The fourth-order valence-electron chi connectivity index (χ4n) is 2.62. The molecule has 0 aromatic heterocycles. The monoisotopic (exact) mass is 320 g/mol. The Hall–Kier alpha value is -3.14. The summed E-state index contributed by atoms with van der Waals surface area (Å²) in [4.78, 5) is 24.7. The third-order valence-electron chi connectivity index (χ3n) is 3.89. The van der Waals surface area contributed by atoms with Crippen LogP contribution in [0, 0.1) is 0 Å². The van der Waals surface area contributed by atoms with Gasteiger partial charge in [-0.3, -0.25) is 4.79 Å². The average Bonchev–Trinajstić information content (AvgIpc) is 2.65. The standard InChI is InChI=1S/C20H16O4/c1-23-16-10-9-13-11-15(8-7-14(13)12-16)19(21)17-5-3-4-6-18(17)20(22)24-2/h3-12H,1-2H3. The highest BCUT2D eigenvalue weighted by atomic mass is 16.5. The number of hydrogen-bond acceptors (Lipinski definition) is 4. The molecule has 4 heteroatoms. The molecule has 3 aromatic carbocycles. The van der Waals surface area contributed by atoms with Crippen LogP contribution in [0.25, 0.3) is 10.8 Å². The molecule has 4 nitrogen and oxygen atoms in total. The summed E-state index contributed by atoms with van der Waals surface area (Å²) in [6.45, 7) is 0. The van der Waals surface area contributed by atoms with Crippen LogP contribution >= 0.6 is 0 Å². The Labute approximate surface area is 139 Å². The summed E-state index contributed by atoms with van der Waals surface area (Å²) in [6, 6.07) is 17.7. The summed E-state index contributed by atoms with van der Waals surface area (Å²) in [5.74, 6) is 0.0239. The summed E-state index contributed by atoms with van der Waals surface area (Å²) < 4.78 is 9.96. The minimum absolute atomic E-state index is 0.214. The van der Waals surface area contributed by atoms with E-state index < -0.39 is 5.97 Å². The van der Waals surface area contributed by atoms with Crippen LogP contribution in [-0.2, 0) is 4.74 Å². The second-order valence-corrected chi connectivity index (χ2v) is 5.29. The van der Waals surface area contributed by atoms with Crippen molar-refractivity contribution in [2.45, 2.75) is 0 Å². The van der Waals surface area contributed by atoms with Crippen LogP contribution in [0.4, 0.5) is 0 Å². The minimum Gasteiger partial charge on any atom is -0.497 e. The summed E-state index contributed by atoms with van der Waals surface area (Å²) >= 11 is 0. The van der Waals surface area contributed by atoms with E-state index >= 15 is 0 Å². The number of methoxy groups -OCH3 is 2. The van der Waals surface area contributed by atoms with Crippen molar-refractivity contribution < 1.29 is 19.1 Å². The van der Waals surface area contributed by atoms with E-state index in [1.54, 1.807) is 37.4 Å². The molecule has 0 fully saturated rings. The molecule has 0 bridgehead atoms. The minimum atomic E-state index is -0.524. The van der Waals surface area contributed by atoms with E-state index in [1.807, 2.05) is 30.3 Å². The maximum atomic E-state index is 12.8. The summed E-state index contributed by atoms with van der Waals surface area (Å²) in [5, 5.41) is 1.91. The zero-order chi connectivity index (χ0) is 17.1. The lowest BCUT2D eigenvalue weighted by Crippen LogP contribution is -2.11. The van der Waals surface area contributed by atoms with Crippen LogP contribution < -0.4 is 4.74 Å². The van der Waals surface area contributed by atoms with E-state index in [9.17, 15) is 9.59 Å². The summed E-state index contributed by atoms with van der Waals surface area (Å²) in [7, 11) is 2.91. The molecule has 0 aliphatic rings. The molecule has 0 radical (unpaired) electrons. The second kappa shape index (κ2) is 6.54. The Bertz CT molecular complexity index is 928. The fraction of sp³-hybridized carbons (Fsp3) is 0.100. The Kier molecular flexibility index (Phi) is 4.29. The molecule has 120 valence electrons. The first-order valence-corrected chi connectivity index (χ1v) is 7.44. The van der Waals surface area contributed by atoms with E-state index in [0.717, 1.165) is 16.5 Å². The lowest BCUT2D eigenvalue weighted by atomic mass is 9.96. The molecule has 0 saturated carbocycles. The molecule has 24 heavy (non-hydrogen) atoms. The number of hydrogen-bond donors (Lipinski definition) is 0. The van der Waals surface area contributed by atoms with Crippen molar-refractivity contribution in [3.8, 4) is 5.75 Å². The number of benzene rings is 3. The molecular weight excluding hydrogens is 304 g/mol. The van der Waals surface area contributed by atoms with Crippen molar-refractivity contribution in [3.05, 3.63) is 77.4 Å². The van der Waals surface area contributed by atoms with E-state index in [-0.39, 0.29) is 11.3 Å². The smallest absolute Gasteiger partial charge is 0.338 e. The zero-order valence-electron chi connectivity index (χ0n) is 13.4. The number of rotatable bonds is 4. The third-order valence-corrected chi connectivity index (χ3v) is 3.89. The van der Waals surface area contributed by atoms with Gasteiger partial charge in [0.1, 0.15) is 5.75 Å². The molecule has 3 rings (SSSR count). The fourth-order valence-corrected chi connectivity index (χ4v) is 2.62. The van der Waals surface area contributed by atoms with Crippen LogP contribution in [0.3, 0.4) is 0 Å². The third kappa shape index (κ3) is 2.86. The Morgan fingerprint density at radius 3 is 2.17 bits per heavy atom.